The highest BCUT2D eigenvalue weighted by Gasteiger charge is 2.06. The lowest BCUT2D eigenvalue weighted by Gasteiger charge is -2.07. The number of rotatable bonds is 6. The van der Waals surface area contributed by atoms with Crippen LogP contribution < -0.4 is 0 Å². The zero-order valence-electron chi connectivity index (χ0n) is 8.41. The second kappa shape index (κ2) is 5.34. The molecule has 0 heterocycles. The fraction of sp³-hybridized carbons (Fsp3) is 0.875. The summed E-state index contributed by atoms with van der Waals surface area (Å²) in [4.78, 5) is 12.9. The van der Waals surface area contributed by atoms with Crippen molar-refractivity contribution < 1.29 is 13.2 Å². The van der Waals surface area contributed by atoms with Gasteiger partial charge in [0.25, 0.3) is 0 Å². The van der Waals surface area contributed by atoms with E-state index in [0.29, 0.717) is 19.4 Å². The van der Waals surface area contributed by atoms with E-state index < -0.39 is 9.84 Å². The van der Waals surface area contributed by atoms with Crippen LogP contribution >= 0.6 is 0 Å². The van der Waals surface area contributed by atoms with Gasteiger partial charge in [0.1, 0.15) is 15.6 Å². The Hall–Kier alpha value is -0.420. The summed E-state index contributed by atoms with van der Waals surface area (Å²) in [6.45, 7) is 0.393. The molecule has 0 N–H and O–H groups in total. The van der Waals surface area contributed by atoms with Gasteiger partial charge in [-0.15, -0.1) is 0 Å². The third-order valence-electron chi connectivity index (χ3n) is 1.46. The maximum atomic E-state index is 11.1. The highest BCUT2D eigenvalue weighted by molar-refractivity contribution is 7.90. The molecule has 4 nitrogen and oxygen atoms in total. The van der Waals surface area contributed by atoms with E-state index in [0.717, 1.165) is 0 Å². The Balaban J connectivity index is 3.61. The van der Waals surface area contributed by atoms with Crippen molar-refractivity contribution in [3.8, 4) is 0 Å². The molecular weight excluding hydrogens is 190 g/mol. The number of carbonyl (C=O) groups is 1. The Kier molecular flexibility index (Phi) is 5.17. The fourth-order valence-electron chi connectivity index (χ4n) is 0.963. The maximum Gasteiger partial charge on any atom is 0.147 e. The molecule has 0 rings (SSSR count). The van der Waals surface area contributed by atoms with Crippen molar-refractivity contribution >= 4 is 15.6 Å². The Bertz CT molecular complexity index is 257. The van der Waals surface area contributed by atoms with Crippen LogP contribution in [-0.4, -0.2) is 51.7 Å². The Morgan fingerprint density at radius 3 is 2.23 bits per heavy atom. The zero-order valence-corrected chi connectivity index (χ0v) is 9.23. The topological polar surface area (TPSA) is 54.5 Å². The summed E-state index contributed by atoms with van der Waals surface area (Å²) in [6.07, 6.45) is 1.97. The SMILES string of the molecule is CN(C)CC(=O)CCCS(C)(=O)=O. The van der Waals surface area contributed by atoms with E-state index in [4.69, 9.17) is 0 Å². The molecule has 0 aliphatic rings. The first-order chi connectivity index (χ1) is 5.81. The van der Waals surface area contributed by atoms with Gasteiger partial charge in [0.15, 0.2) is 0 Å². The highest BCUT2D eigenvalue weighted by Crippen LogP contribution is 1.96. The van der Waals surface area contributed by atoms with E-state index in [9.17, 15) is 13.2 Å². The lowest BCUT2D eigenvalue weighted by atomic mass is 10.2. The molecule has 5 heteroatoms. The predicted octanol–water partition coefficient (Wildman–Crippen LogP) is -0.0581. The second-order valence-electron chi connectivity index (χ2n) is 3.51. The minimum Gasteiger partial charge on any atom is -0.302 e. The van der Waals surface area contributed by atoms with Crippen LogP contribution in [0.1, 0.15) is 12.8 Å². The standard InChI is InChI=1S/C8H17NO3S/c1-9(2)7-8(10)5-4-6-13(3,11)12/h4-7H2,1-3H3. The molecular formula is C8H17NO3S. The fourth-order valence-corrected chi connectivity index (χ4v) is 1.63. The van der Waals surface area contributed by atoms with Crippen LogP contribution in [0.15, 0.2) is 0 Å². The maximum absolute atomic E-state index is 11.1. The molecule has 0 amide bonds. The number of nitrogens with zero attached hydrogens (tertiary/aromatic N) is 1. The minimum absolute atomic E-state index is 0.0913. The number of ketones is 1. The first kappa shape index (κ1) is 12.6. The van der Waals surface area contributed by atoms with Crippen molar-refractivity contribution in [3.63, 3.8) is 0 Å². The van der Waals surface area contributed by atoms with Crippen molar-refractivity contribution in [2.24, 2.45) is 0 Å². The smallest absolute Gasteiger partial charge is 0.147 e. The summed E-state index contributed by atoms with van der Waals surface area (Å²) in [6, 6.07) is 0. The average molecular weight is 207 g/mol. The van der Waals surface area contributed by atoms with Gasteiger partial charge in [-0.25, -0.2) is 8.42 Å². The highest BCUT2D eigenvalue weighted by atomic mass is 32.2. The molecule has 0 aliphatic carbocycles. The van der Waals surface area contributed by atoms with Crippen LogP contribution in [0.3, 0.4) is 0 Å². The molecule has 0 saturated carbocycles. The molecule has 0 radical (unpaired) electrons. The zero-order chi connectivity index (χ0) is 10.5. The van der Waals surface area contributed by atoms with Gasteiger partial charge in [-0.2, -0.15) is 0 Å². The van der Waals surface area contributed by atoms with E-state index in [2.05, 4.69) is 0 Å². The number of Topliss-reactive ketones (excluding diaryl/α,β-unsaturated/α-hetero) is 1. The van der Waals surface area contributed by atoms with Gasteiger partial charge in [-0.05, 0) is 20.5 Å². The molecule has 78 valence electrons. The van der Waals surface area contributed by atoms with Crippen LogP contribution in [0.2, 0.25) is 0 Å². The summed E-state index contributed by atoms with van der Waals surface area (Å²) in [5, 5.41) is 0. The van der Waals surface area contributed by atoms with Crippen LogP contribution in [0.5, 0.6) is 0 Å². The van der Waals surface area contributed by atoms with Gasteiger partial charge in [0.05, 0.1) is 12.3 Å². The number of hydrogen-bond acceptors (Lipinski definition) is 4. The van der Waals surface area contributed by atoms with Crippen LogP contribution in [0, 0.1) is 0 Å². The summed E-state index contributed by atoms with van der Waals surface area (Å²) < 4.78 is 21.4. The number of sulfone groups is 1. The number of likely N-dealkylation sites (N-methyl/N-ethyl adjacent to an activating group) is 1. The molecule has 0 unspecified atom stereocenters. The van der Waals surface area contributed by atoms with E-state index in [1.54, 1.807) is 4.90 Å². The van der Waals surface area contributed by atoms with E-state index >= 15 is 0 Å². The molecule has 0 fully saturated rings. The van der Waals surface area contributed by atoms with E-state index in [1.807, 2.05) is 14.1 Å². The van der Waals surface area contributed by atoms with Crippen LogP contribution in [-0.2, 0) is 14.6 Å². The van der Waals surface area contributed by atoms with Crippen molar-refractivity contribution in [2.75, 3.05) is 32.6 Å². The molecule has 0 aliphatic heterocycles. The lowest BCUT2D eigenvalue weighted by Crippen LogP contribution is -2.21. The monoisotopic (exact) mass is 207 g/mol. The number of hydrogen-bond donors (Lipinski definition) is 0. The van der Waals surface area contributed by atoms with Gasteiger partial charge >= 0.3 is 0 Å². The van der Waals surface area contributed by atoms with Gasteiger partial charge < -0.3 is 4.90 Å². The van der Waals surface area contributed by atoms with Gasteiger partial charge in [-0.1, -0.05) is 0 Å². The normalized spacial score (nSPS) is 12.0. The summed E-state index contributed by atoms with van der Waals surface area (Å²) in [7, 11) is 0.714. The molecule has 0 aromatic heterocycles. The van der Waals surface area contributed by atoms with Gasteiger partial charge in [0.2, 0.25) is 0 Å². The summed E-state index contributed by atoms with van der Waals surface area (Å²) >= 11 is 0. The van der Waals surface area contributed by atoms with Crippen molar-refractivity contribution in [3.05, 3.63) is 0 Å². The Morgan fingerprint density at radius 2 is 1.85 bits per heavy atom. The second-order valence-corrected chi connectivity index (χ2v) is 5.77. The first-order valence-electron chi connectivity index (χ1n) is 4.15. The molecule has 13 heavy (non-hydrogen) atoms. The number of carbonyl (C=O) groups excluding carboxylic acids is 1. The lowest BCUT2D eigenvalue weighted by molar-refractivity contribution is -0.119. The van der Waals surface area contributed by atoms with Gasteiger partial charge in [-0.3, -0.25) is 4.79 Å². The van der Waals surface area contributed by atoms with Crippen LogP contribution in [0.25, 0.3) is 0 Å². The van der Waals surface area contributed by atoms with E-state index in [-0.39, 0.29) is 11.5 Å². The minimum atomic E-state index is -2.91. The third kappa shape index (κ3) is 9.49. The molecule has 0 atom stereocenters. The third-order valence-corrected chi connectivity index (χ3v) is 2.49. The summed E-state index contributed by atoms with van der Waals surface area (Å²) in [5.41, 5.74) is 0. The quantitative estimate of drug-likeness (QED) is 0.612. The Labute approximate surface area is 79.8 Å². The summed E-state index contributed by atoms with van der Waals surface area (Å²) in [5.74, 6) is 0.195. The first-order valence-corrected chi connectivity index (χ1v) is 6.21. The molecule has 0 spiro atoms. The predicted molar refractivity (Wildman–Crippen MR) is 52.5 cm³/mol. The largest absolute Gasteiger partial charge is 0.302 e. The molecule has 0 saturated heterocycles. The van der Waals surface area contributed by atoms with Crippen molar-refractivity contribution in [1.29, 1.82) is 0 Å². The Morgan fingerprint density at radius 1 is 1.31 bits per heavy atom. The average Bonchev–Trinajstić information content (AvgIpc) is 1.81. The van der Waals surface area contributed by atoms with Crippen molar-refractivity contribution in [2.45, 2.75) is 12.8 Å². The van der Waals surface area contributed by atoms with Crippen LogP contribution in [0.4, 0.5) is 0 Å². The molecule has 0 bridgehead atoms. The van der Waals surface area contributed by atoms with Crippen molar-refractivity contribution in [1.82, 2.24) is 4.90 Å². The van der Waals surface area contributed by atoms with E-state index in [1.165, 1.54) is 6.26 Å². The molecule has 0 aromatic rings. The van der Waals surface area contributed by atoms with Gasteiger partial charge in [0, 0.05) is 12.7 Å². The molecule has 0 aromatic carbocycles.